The summed E-state index contributed by atoms with van der Waals surface area (Å²) in [6.07, 6.45) is 0.837. The smallest absolute Gasteiger partial charge is 0.126 e. The van der Waals surface area contributed by atoms with E-state index in [1.807, 2.05) is 12.1 Å². The van der Waals surface area contributed by atoms with Gasteiger partial charge in [-0.2, -0.15) is 0 Å². The summed E-state index contributed by atoms with van der Waals surface area (Å²) in [5.41, 5.74) is 8.08. The Kier molecular flexibility index (Phi) is 4.11. The van der Waals surface area contributed by atoms with Gasteiger partial charge in [0, 0.05) is 21.9 Å². The predicted molar refractivity (Wildman–Crippen MR) is 86.6 cm³/mol. The number of ether oxygens (including phenoxy) is 1. The minimum Gasteiger partial charge on any atom is -0.493 e. The Bertz CT molecular complexity index is 734. The zero-order valence-corrected chi connectivity index (χ0v) is 13.4. The molecule has 1 unspecified atom stereocenters. The Labute approximate surface area is 135 Å². The van der Waals surface area contributed by atoms with E-state index in [1.165, 1.54) is 0 Å². The summed E-state index contributed by atoms with van der Waals surface area (Å²) in [6, 6.07) is 8.73. The molecule has 110 valence electrons. The summed E-state index contributed by atoms with van der Waals surface area (Å²) >= 11 is 12.1. The third kappa shape index (κ3) is 3.03. The van der Waals surface area contributed by atoms with E-state index in [0.29, 0.717) is 33.0 Å². The lowest BCUT2D eigenvalue weighted by atomic mass is 10.1. The van der Waals surface area contributed by atoms with Gasteiger partial charge in [0.1, 0.15) is 5.75 Å². The number of anilines is 1. The maximum Gasteiger partial charge on any atom is 0.126 e. The van der Waals surface area contributed by atoms with Gasteiger partial charge in [0.05, 0.1) is 33.9 Å². The van der Waals surface area contributed by atoms with Crippen LogP contribution < -0.4 is 10.5 Å². The summed E-state index contributed by atoms with van der Waals surface area (Å²) < 4.78 is 18.1. The molecular weight excluding hydrogens is 329 g/mol. The Morgan fingerprint density at radius 3 is 2.81 bits per heavy atom. The van der Waals surface area contributed by atoms with Gasteiger partial charge in [0.2, 0.25) is 0 Å². The summed E-state index contributed by atoms with van der Waals surface area (Å²) in [5.74, 6) is 1.15. The number of fused-ring (bicyclic) bond motifs is 1. The molecule has 0 radical (unpaired) electrons. The van der Waals surface area contributed by atoms with Gasteiger partial charge in [-0.25, -0.2) is 0 Å². The fourth-order valence-corrected chi connectivity index (χ4v) is 3.97. The van der Waals surface area contributed by atoms with Gasteiger partial charge in [-0.15, -0.1) is 0 Å². The molecule has 3 rings (SSSR count). The van der Waals surface area contributed by atoms with Crippen molar-refractivity contribution >= 4 is 39.7 Å². The van der Waals surface area contributed by atoms with Gasteiger partial charge >= 0.3 is 0 Å². The average molecular weight is 342 g/mol. The number of halogens is 2. The highest BCUT2D eigenvalue weighted by atomic mass is 35.5. The molecule has 0 bridgehead atoms. The van der Waals surface area contributed by atoms with E-state index >= 15 is 0 Å². The van der Waals surface area contributed by atoms with Crippen molar-refractivity contribution in [3.8, 4) is 5.75 Å². The van der Waals surface area contributed by atoms with Crippen LogP contribution in [0.3, 0.4) is 0 Å². The Morgan fingerprint density at radius 2 is 2.05 bits per heavy atom. The topological polar surface area (TPSA) is 52.3 Å². The molecule has 6 heteroatoms. The maximum absolute atomic E-state index is 12.5. The number of hydrogen-bond donors (Lipinski definition) is 1. The monoisotopic (exact) mass is 341 g/mol. The van der Waals surface area contributed by atoms with Gasteiger partial charge < -0.3 is 10.5 Å². The van der Waals surface area contributed by atoms with Crippen LogP contribution in [0.2, 0.25) is 10.0 Å². The van der Waals surface area contributed by atoms with Crippen molar-refractivity contribution in [2.24, 2.45) is 0 Å². The van der Waals surface area contributed by atoms with Crippen LogP contribution in [0, 0.1) is 0 Å². The fraction of sp³-hybridized carbons (Fsp3) is 0.200. The number of rotatable bonds is 3. The van der Waals surface area contributed by atoms with Gasteiger partial charge in [0.15, 0.2) is 0 Å². The summed E-state index contributed by atoms with van der Waals surface area (Å²) in [7, 11) is -1.23. The highest BCUT2D eigenvalue weighted by Gasteiger charge is 2.19. The normalized spacial score (nSPS) is 14.6. The lowest BCUT2D eigenvalue weighted by molar-refractivity contribution is 0.354. The van der Waals surface area contributed by atoms with Crippen molar-refractivity contribution < 1.29 is 8.95 Å². The van der Waals surface area contributed by atoms with Crippen LogP contribution in [0.25, 0.3) is 0 Å². The molecule has 2 N–H and O–H groups in total. The van der Waals surface area contributed by atoms with E-state index in [9.17, 15) is 4.21 Å². The molecule has 0 saturated heterocycles. The molecule has 0 fully saturated rings. The average Bonchev–Trinajstić information content (AvgIpc) is 2.90. The number of nitrogens with two attached hydrogens (primary N) is 1. The van der Waals surface area contributed by atoms with Gasteiger partial charge in [-0.3, -0.25) is 4.21 Å². The largest absolute Gasteiger partial charge is 0.493 e. The van der Waals surface area contributed by atoms with E-state index in [2.05, 4.69) is 0 Å². The quantitative estimate of drug-likeness (QED) is 0.863. The zero-order valence-electron chi connectivity index (χ0n) is 11.1. The molecule has 2 aromatic rings. The van der Waals surface area contributed by atoms with E-state index in [4.69, 9.17) is 33.7 Å². The fourth-order valence-electron chi connectivity index (χ4n) is 2.33. The van der Waals surface area contributed by atoms with E-state index < -0.39 is 10.8 Å². The van der Waals surface area contributed by atoms with Crippen molar-refractivity contribution in [1.82, 2.24) is 0 Å². The number of benzene rings is 2. The lowest BCUT2D eigenvalue weighted by Gasteiger charge is -2.09. The van der Waals surface area contributed by atoms with Crippen molar-refractivity contribution in [1.29, 1.82) is 0 Å². The first-order chi connectivity index (χ1) is 10.0. The third-order valence-electron chi connectivity index (χ3n) is 3.35. The second kappa shape index (κ2) is 5.87. The van der Waals surface area contributed by atoms with Crippen LogP contribution in [0.4, 0.5) is 5.69 Å². The first-order valence-corrected chi connectivity index (χ1v) is 8.49. The molecule has 1 aliphatic heterocycles. The standard InChI is InChI=1S/C15H13Cl2NO2S/c16-11-5-9-3-4-20-15(9)10(6-11)8-21(19)12-1-2-14(18)13(17)7-12/h1-2,5-7H,3-4,8,18H2. The van der Waals surface area contributed by atoms with Crippen LogP contribution in [0.15, 0.2) is 35.2 Å². The first-order valence-electron chi connectivity index (χ1n) is 6.42. The molecule has 3 nitrogen and oxygen atoms in total. The highest BCUT2D eigenvalue weighted by molar-refractivity contribution is 7.84. The molecular formula is C15H13Cl2NO2S. The van der Waals surface area contributed by atoms with Crippen LogP contribution in [0.5, 0.6) is 5.75 Å². The van der Waals surface area contributed by atoms with Gasteiger partial charge in [0.25, 0.3) is 0 Å². The third-order valence-corrected chi connectivity index (χ3v) is 5.25. The molecule has 0 spiro atoms. The Hall–Kier alpha value is -1.23. The van der Waals surface area contributed by atoms with Crippen LogP contribution in [-0.4, -0.2) is 10.8 Å². The summed E-state index contributed by atoms with van der Waals surface area (Å²) in [4.78, 5) is 0.640. The van der Waals surface area contributed by atoms with Crippen molar-refractivity contribution in [3.05, 3.63) is 51.5 Å². The maximum atomic E-state index is 12.5. The minimum atomic E-state index is -1.23. The van der Waals surface area contributed by atoms with Crippen molar-refractivity contribution in [3.63, 3.8) is 0 Å². The van der Waals surface area contributed by atoms with Crippen LogP contribution in [0.1, 0.15) is 11.1 Å². The molecule has 0 saturated carbocycles. The Morgan fingerprint density at radius 1 is 1.24 bits per heavy atom. The molecule has 1 aliphatic rings. The SMILES string of the molecule is Nc1ccc(S(=O)Cc2cc(Cl)cc3c2OCC3)cc1Cl. The molecule has 21 heavy (non-hydrogen) atoms. The number of nitrogen functional groups attached to an aromatic ring is 1. The molecule has 1 heterocycles. The molecule has 0 amide bonds. The zero-order chi connectivity index (χ0) is 15.0. The summed E-state index contributed by atoms with van der Waals surface area (Å²) in [5, 5.41) is 1.05. The Balaban J connectivity index is 1.90. The highest BCUT2D eigenvalue weighted by Crippen LogP contribution is 2.34. The van der Waals surface area contributed by atoms with Gasteiger partial charge in [-0.05, 0) is 35.9 Å². The van der Waals surface area contributed by atoms with Crippen LogP contribution in [-0.2, 0) is 23.0 Å². The first kappa shape index (κ1) is 14.7. The van der Waals surface area contributed by atoms with E-state index in [1.54, 1.807) is 18.2 Å². The molecule has 2 aromatic carbocycles. The second-order valence-electron chi connectivity index (χ2n) is 4.82. The molecule has 0 aromatic heterocycles. The predicted octanol–water partition coefficient (Wildman–Crippen LogP) is 3.82. The van der Waals surface area contributed by atoms with Crippen molar-refractivity contribution in [2.75, 3.05) is 12.3 Å². The lowest BCUT2D eigenvalue weighted by Crippen LogP contribution is -2.00. The van der Waals surface area contributed by atoms with Gasteiger partial charge in [-0.1, -0.05) is 23.2 Å². The van der Waals surface area contributed by atoms with Crippen molar-refractivity contribution in [2.45, 2.75) is 17.1 Å². The van der Waals surface area contributed by atoms with E-state index in [0.717, 1.165) is 23.3 Å². The molecule has 0 aliphatic carbocycles. The van der Waals surface area contributed by atoms with Crippen LogP contribution >= 0.6 is 23.2 Å². The number of hydrogen-bond acceptors (Lipinski definition) is 3. The minimum absolute atomic E-state index is 0.336. The second-order valence-corrected chi connectivity index (χ2v) is 7.12. The molecule has 1 atom stereocenters. The van der Waals surface area contributed by atoms with E-state index in [-0.39, 0.29) is 0 Å². The summed E-state index contributed by atoms with van der Waals surface area (Å²) in [6.45, 7) is 0.642.